The molecule has 0 unspecified atom stereocenters. The number of aromatic amines is 1. The molecule has 1 N–H and O–H groups in total. The Labute approximate surface area is 180 Å². The molecule has 32 heavy (non-hydrogen) atoms. The van der Waals surface area contributed by atoms with E-state index < -0.39 is 12.3 Å². The number of methoxy groups -OCH3 is 1. The summed E-state index contributed by atoms with van der Waals surface area (Å²) in [6.07, 6.45) is -0.627. The van der Waals surface area contributed by atoms with Crippen molar-refractivity contribution in [3.05, 3.63) is 64.7 Å². The van der Waals surface area contributed by atoms with Crippen molar-refractivity contribution in [3.63, 3.8) is 0 Å². The SMILES string of the molecule is COc1cccc(OC(F)(F)F)c1.O=c1cc([C@H]2CCCC(F)(F)C2)[nH]c2ccncc12. The van der Waals surface area contributed by atoms with Crippen LogP contribution in [-0.4, -0.2) is 29.4 Å². The van der Waals surface area contributed by atoms with Crippen LogP contribution in [0, 0.1) is 0 Å². The van der Waals surface area contributed by atoms with Crippen molar-refractivity contribution in [2.24, 2.45) is 0 Å². The van der Waals surface area contributed by atoms with Gasteiger partial charge in [-0.15, -0.1) is 13.2 Å². The van der Waals surface area contributed by atoms with E-state index in [1.807, 2.05) is 0 Å². The van der Waals surface area contributed by atoms with E-state index in [1.165, 1.54) is 37.6 Å². The van der Waals surface area contributed by atoms with E-state index in [4.69, 9.17) is 4.74 Å². The zero-order chi connectivity index (χ0) is 23.4. The highest BCUT2D eigenvalue weighted by Crippen LogP contribution is 2.41. The Hall–Kier alpha value is -3.17. The molecule has 4 rings (SSSR count). The summed E-state index contributed by atoms with van der Waals surface area (Å²) in [7, 11) is 1.37. The van der Waals surface area contributed by atoms with Crippen molar-refractivity contribution in [2.45, 2.75) is 43.9 Å². The van der Waals surface area contributed by atoms with Crippen LogP contribution in [0.1, 0.15) is 37.3 Å². The van der Waals surface area contributed by atoms with Crippen molar-refractivity contribution >= 4 is 10.9 Å². The zero-order valence-electron chi connectivity index (χ0n) is 17.1. The predicted octanol–water partition coefficient (Wildman–Crippen LogP) is 5.81. The number of aromatic nitrogens is 2. The van der Waals surface area contributed by atoms with Crippen LogP contribution in [0.5, 0.6) is 11.5 Å². The number of alkyl halides is 5. The lowest BCUT2D eigenvalue weighted by Crippen LogP contribution is -2.26. The minimum absolute atomic E-state index is 0.0504. The monoisotopic (exact) mass is 456 g/mol. The molecule has 0 radical (unpaired) electrons. The second-order valence-electron chi connectivity index (χ2n) is 7.39. The van der Waals surface area contributed by atoms with Gasteiger partial charge in [-0.25, -0.2) is 8.78 Å². The number of pyridine rings is 2. The fourth-order valence-corrected chi connectivity index (χ4v) is 3.57. The predicted molar refractivity (Wildman–Crippen MR) is 108 cm³/mol. The molecule has 1 aliphatic carbocycles. The van der Waals surface area contributed by atoms with Gasteiger partial charge in [0.1, 0.15) is 11.5 Å². The molecule has 1 aliphatic rings. The number of nitrogens with zero attached hydrogens (tertiary/aromatic N) is 1. The number of rotatable bonds is 3. The number of fused-ring (bicyclic) bond motifs is 1. The van der Waals surface area contributed by atoms with Crippen molar-refractivity contribution in [1.29, 1.82) is 0 Å². The molecular weight excluding hydrogens is 435 g/mol. The molecule has 10 heteroatoms. The van der Waals surface area contributed by atoms with Crippen LogP contribution in [0.2, 0.25) is 0 Å². The quantitative estimate of drug-likeness (QED) is 0.506. The van der Waals surface area contributed by atoms with Crippen molar-refractivity contribution in [2.75, 3.05) is 7.11 Å². The van der Waals surface area contributed by atoms with Gasteiger partial charge in [-0.3, -0.25) is 9.78 Å². The van der Waals surface area contributed by atoms with Gasteiger partial charge in [0.15, 0.2) is 5.43 Å². The third-order valence-corrected chi connectivity index (χ3v) is 5.01. The molecule has 3 aromatic rings. The fraction of sp³-hybridized carbons (Fsp3) is 0.364. The molecule has 172 valence electrons. The lowest BCUT2D eigenvalue weighted by atomic mass is 9.84. The minimum Gasteiger partial charge on any atom is -0.497 e. The highest BCUT2D eigenvalue weighted by atomic mass is 19.4. The first-order valence-corrected chi connectivity index (χ1v) is 9.81. The highest BCUT2D eigenvalue weighted by Gasteiger charge is 2.37. The van der Waals surface area contributed by atoms with Crippen LogP contribution in [0.4, 0.5) is 22.0 Å². The standard InChI is InChI=1S/C14H14F2N2O.C8H7F3O2/c15-14(16)4-1-2-9(7-14)12-6-13(19)10-8-17-5-3-11(10)18-12;1-12-6-3-2-4-7(5-6)13-8(9,10)11/h3,5-6,8-9H,1-2,4,7H2,(H,18,19);2-5H,1H3/t9-;/m0./s1. The molecule has 0 bridgehead atoms. The first kappa shape index (κ1) is 23.5. The normalized spacial score (nSPS) is 17.9. The van der Waals surface area contributed by atoms with Gasteiger partial charge in [-0.05, 0) is 31.0 Å². The molecule has 0 spiro atoms. The molecule has 0 saturated heterocycles. The Morgan fingerprint density at radius 3 is 2.59 bits per heavy atom. The molecular formula is C22H21F5N2O3. The summed E-state index contributed by atoms with van der Waals surface area (Å²) in [4.78, 5) is 19.0. The maximum Gasteiger partial charge on any atom is 0.573 e. The summed E-state index contributed by atoms with van der Waals surface area (Å²) in [5.74, 6) is -2.85. The Bertz CT molecular complexity index is 1110. The van der Waals surface area contributed by atoms with Crippen molar-refractivity contribution < 1.29 is 31.4 Å². The van der Waals surface area contributed by atoms with Crippen molar-refractivity contribution in [3.8, 4) is 11.5 Å². The lowest BCUT2D eigenvalue weighted by Gasteiger charge is -2.28. The first-order chi connectivity index (χ1) is 15.1. The molecule has 1 fully saturated rings. The van der Waals surface area contributed by atoms with Crippen LogP contribution >= 0.6 is 0 Å². The van der Waals surface area contributed by atoms with Crippen molar-refractivity contribution in [1.82, 2.24) is 9.97 Å². The second-order valence-corrected chi connectivity index (χ2v) is 7.39. The van der Waals surface area contributed by atoms with E-state index in [2.05, 4.69) is 14.7 Å². The van der Waals surface area contributed by atoms with Gasteiger partial charge in [0.05, 0.1) is 18.0 Å². The van der Waals surface area contributed by atoms with Gasteiger partial charge < -0.3 is 14.5 Å². The summed E-state index contributed by atoms with van der Waals surface area (Å²) in [5, 5.41) is 0.494. The molecule has 2 aromatic heterocycles. The summed E-state index contributed by atoms with van der Waals surface area (Å²) < 4.78 is 70.4. The number of H-pyrrole nitrogens is 1. The summed E-state index contributed by atoms with van der Waals surface area (Å²) in [6.45, 7) is 0. The number of hydrogen-bond donors (Lipinski definition) is 1. The van der Waals surface area contributed by atoms with Crippen LogP contribution in [0.15, 0.2) is 53.6 Å². The molecule has 0 amide bonds. The average Bonchev–Trinajstić information content (AvgIpc) is 2.72. The third kappa shape index (κ3) is 6.41. The van der Waals surface area contributed by atoms with E-state index in [9.17, 15) is 26.7 Å². The molecule has 1 aromatic carbocycles. The number of hydrogen-bond acceptors (Lipinski definition) is 4. The Balaban J connectivity index is 0.000000195. The molecule has 0 aliphatic heterocycles. The van der Waals surface area contributed by atoms with E-state index in [0.717, 1.165) is 6.07 Å². The molecule has 2 heterocycles. The third-order valence-electron chi connectivity index (χ3n) is 5.01. The van der Waals surface area contributed by atoms with E-state index >= 15 is 0 Å². The molecule has 1 saturated carbocycles. The fourth-order valence-electron chi connectivity index (χ4n) is 3.57. The maximum atomic E-state index is 13.5. The summed E-state index contributed by atoms with van der Waals surface area (Å²) in [6, 6.07) is 8.45. The van der Waals surface area contributed by atoms with E-state index in [-0.39, 0.29) is 29.9 Å². The number of ether oxygens (including phenoxy) is 2. The summed E-state index contributed by atoms with van der Waals surface area (Å²) in [5.41, 5.74) is 1.11. The van der Waals surface area contributed by atoms with Gasteiger partial charge in [-0.1, -0.05) is 6.07 Å². The first-order valence-electron chi connectivity index (χ1n) is 9.81. The topological polar surface area (TPSA) is 64.2 Å². The average molecular weight is 456 g/mol. The Morgan fingerprint density at radius 2 is 1.91 bits per heavy atom. The van der Waals surface area contributed by atoms with E-state index in [0.29, 0.717) is 35.2 Å². The Kier molecular flexibility index (Phi) is 7.00. The van der Waals surface area contributed by atoms with Crippen LogP contribution in [-0.2, 0) is 0 Å². The van der Waals surface area contributed by atoms with Crippen LogP contribution in [0.3, 0.4) is 0 Å². The smallest absolute Gasteiger partial charge is 0.497 e. The van der Waals surface area contributed by atoms with E-state index in [1.54, 1.807) is 12.3 Å². The minimum atomic E-state index is -4.66. The van der Waals surface area contributed by atoms with Gasteiger partial charge >= 0.3 is 6.36 Å². The number of benzene rings is 1. The van der Waals surface area contributed by atoms with Gasteiger partial charge in [0, 0.05) is 49.0 Å². The van der Waals surface area contributed by atoms with Crippen LogP contribution < -0.4 is 14.9 Å². The second kappa shape index (κ2) is 9.54. The van der Waals surface area contributed by atoms with Gasteiger partial charge in [-0.2, -0.15) is 0 Å². The van der Waals surface area contributed by atoms with Gasteiger partial charge in [0.2, 0.25) is 5.92 Å². The van der Waals surface area contributed by atoms with Crippen LogP contribution in [0.25, 0.3) is 10.9 Å². The maximum absolute atomic E-state index is 13.5. The largest absolute Gasteiger partial charge is 0.573 e. The Morgan fingerprint density at radius 1 is 1.16 bits per heavy atom. The summed E-state index contributed by atoms with van der Waals surface area (Å²) >= 11 is 0. The lowest BCUT2D eigenvalue weighted by molar-refractivity contribution is -0.274. The zero-order valence-corrected chi connectivity index (χ0v) is 17.1. The number of nitrogens with one attached hydrogen (secondary N) is 1. The highest BCUT2D eigenvalue weighted by molar-refractivity contribution is 5.77. The van der Waals surface area contributed by atoms with Gasteiger partial charge in [0.25, 0.3) is 0 Å². The number of halogens is 5. The molecule has 1 atom stereocenters. The molecule has 5 nitrogen and oxygen atoms in total.